The lowest BCUT2D eigenvalue weighted by Crippen LogP contribution is -2.14. The minimum atomic E-state index is -0.0785. The van der Waals surface area contributed by atoms with Gasteiger partial charge in [-0.2, -0.15) is 0 Å². The number of carbonyl (C=O) groups excluding carboxylic acids is 1. The van der Waals surface area contributed by atoms with Gasteiger partial charge in [-0.25, -0.2) is 0 Å². The summed E-state index contributed by atoms with van der Waals surface area (Å²) < 4.78 is 9.48. The third-order valence-corrected chi connectivity index (χ3v) is 5.55. The van der Waals surface area contributed by atoms with E-state index in [1.807, 2.05) is 60.5 Å². The second kappa shape index (κ2) is 10.3. The van der Waals surface area contributed by atoms with E-state index >= 15 is 0 Å². The number of nitrogens with zero attached hydrogens (tertiary/aromatic N) is 5. The first kappa shape index (κ1) is 21.9. The van der Waals surface area contributed by atoms with Crippen LogP contribution in [0, 0.1) is 0 Å². The summed E-state index contributed by atoms with van der Waals surface area (Å²) in [6.07, 6.45) is 2.89. The van der Waals surface area contributed by atoms with Crippen molar-refractivity contribution in [1.29, 1.82) is 0 Å². The van der Waals surface area contributed by atoms with E-state index in [9.17, 15) is 4.79 Å². The third kappa shape index (κ3) is 5.02. The van der Waals surface area contributed by atoms with Crippen LogP contribution in [-0.4, -0.2) is 42.8 Å². The number of rotatable bonds is 10. The highest BCUT2D eigenvalue weighted by Gasteiger charge is 2.20. The lowest BCUT2D eigenvalue weighted by molar-refractivity contribution is -0.113. The smallest absolute Gasteiger partial charge is 0.243 e. The molecule has 160 valence electrons. The van der Waals surface area contributed by atoms with Gasteiger partial charge in [0, 0.05) is 25.0 Å². The summed E-state index contributed by atoms with van der Waals surface area (Å²) in [6, 6.07) is 7.90. The molecule has 1 N–H and O–H groups in total. The molecule has 0 atom stereocenters. The van der Waals surface area contributed by atoms with Gasteiger partial charge < -0.3 is 14.6 Å². The van der Waals surface area contributed by atoms with E-state index in [4.69, 9.17) is 4.74 Å². The molecule has 0 aliphatic rings. The average molecular weight is 429 g/mol. The SMILES string of the molecule is CCOc1nn(CC)cc1-c1nnc(SCC(=O)Nc2ccc(CC)cc2)n1CC. The minimum Gasteiger partial charge on any atom is -0.476 e. The van der Waals surface area contributed by atoms with Gasteiger partial charge in [-0.1, -0.05) is 30.8 Å². The van der Waals surface area contributed by atoms with Crippen molar-refractivity contribution in [3.63, 3.8) is 0 Å². The van der Waals surface area contributed by atoms with Crippen LogP contribution in [0.15, 0.2) is 35.6 Å². The first-order valence-corrected chi connectivity index (χ1v) is 11.2. The number of nitrogens with one attached hydrogen (secondary N) is 1. The van der Waals surface area contributed by atoms with Crippen molar-refractivity contribution in [3.8, 4) is 17.3 Å². The summed E-state index contributed by atoms with van der Waals surface area (Å²) in [7, 11) is 0. The molecule has 30 heavy (non-hydrogen) atoms. The number of hydrogen-bond donors (Lipinski definition) is 1. The number of aryl methyl sites for hydroxylation is 2. The molecule has 0 bridgehead atoms. The number of anilines is 1. The zero-order valence-corrected chi connectivity index (χ0v) is 18.7. The van der Waals surface area contributed by atoms with E-state index in [0.717, 1.165) is 24.2 Å². The van der Waals surface area contributed by atoms with Crippen LogP contribution in [-0.2, 0) is 24.3 Å². The molecule has 8 nitrogen and oxygen atoms in total. The fourth-order valence-corrected chi connectivity index (χ4v) is 3.80. The molecule has 0 fully saturated rings. The highest BCUT2D eigenvalue weighted by Crippen LogP contribution is 2.30. The summed E-state index contributed by atoms with van der Waals surface area (Å²) in [5, 5.41) is 16.7. The average Bonchev–Trinajstić information content (AvgIpc) is 3.36. The quantitative estimate of drug-likeness (QED) is 0.493. The molecule has 0 saturated heterocycles. The lowest BCUT2D eigenvalue weighted by Gasteiger charge is -2.08. The number of ether oxygens (including phenoxy) is 1. The Bertz CT molecular complexity index is 980. The Morgan fingerprint density at radius 3 is 2.50 bits per heavy atom. The molecule has 1 amide bonds. The van der Waals surface area contributed by atoms with Crippen molar-refractivity contribution >= 4 is 23.4 Å². The van der Waals surface area contributed by atoms with E-state index < -0.39 is 0 Å². The molecule has 0 saturated carbocycles. The number of amides is 1. The molecule has 2 heterocycles. The van der Waals surface area contributed by atoms with Gasteiger partial charge in [0.1, 0.15) is 5.56 Å². The van der Waals surface area contributed by atoms with Crippen LogP contribution in [0.4, 0.5) is 5.69 Å². The molecule has 0 aliphatic carbocycles. The Morgan fingerprint density at radius 2 is 1.87 bits per heavy atom. The Kier molecular flexibility index (Phi) is 7.51. The molecule has 1 aromatic carbocycles. The van der Waals surface area contributed by atoms with Crippen molar-refractivity contribution in [3.05, 3.63) is 36.0 Å². The van der Waals surface area contributed by atoms with Crippen molar-refractivity contribution in [2.75, 3.05) is 17.7 Å². The van der Waals surface area contributed by atoms with Crippen LogP contribution in [0.1, 0.15) is 33.3 Å². The first-order valence-electron chi connectivity index (χ1n) is 10.2. The van der Waals surface area contributed by atoms with Crippen LogP contribution in [0.3, 0.4) is 0 Å². The van der Waals surface area contributed by atoms with Crippen molar-refractivity contribution in [2.24, 2.45) is 0 Å². The van der Waals surface area contributed by atoms with Gasteiger partial charge >= 0.3 is 0 Å². The molecule has 0 aliphatic heterocycles. The Labute approximate surface area is 181 Å². The molecular weight excluding hydrogens is 400 g/mol. The minimum absolute atomic E-state index is 0.0785. The maximum atomic E-state index is 12.4. The summed E-state index contributed by atoms with van der Waals surface area (Å²) in [5.74, 6) is 1.41. The van der Waals surface area contributed by atoms with Crippen molar-refractivity contribution in [1.82, 2.24) is 24.5 Å². The Morgan fingerprint density at radius 1 is 1.10 bits per heavy atom. The zero-order chi connectivity index (χ0) is 21.5. The van der Waals surface area contributed by atoms with E-state index in [1.165, 1.54) is 17.3 Å². The predicted molar refractivity (Wildman–Crippen MR) is 119 cm³/mol. The Hall–Kier alpha value is -2.81. The second-order valence-corrected chi connectivity index (χ2v) is 7.52. The summed E-state index contributed by atoms with van der Waals surface area (Å²) >= 11 is 1.36. The maximum absolute atomic E-state index is 12.4. The highest BCUT2D eigenvalue weighted by molar-refractivity contribution is 7.99. The summed E-state index contributed by atoms with van der Waals surface area (Å²) in [5.41, 5.74) is 2.84. The van der Waals surface area contributed by atoms with Gasteiger partial charge in [0.15, 0.2) is 11.0 Å². The van der Waals surface area contributed by atoms with Crippen LogP contribution in [0.5, 0.6) is 5.88 Å². The molecule has 2 aromatic heterocycles. The Balaban J connectivity index is 1.71. The highest BCUT2D eigenvalue weighted by atomic mass is 32.2. The molecule has 3 rings (SSSR count). The fourth-order valence-electron chi connectivity index (χ4n) is 2.99. The van der Waals surface area contributed by atoms with Gasteiger partial charge in [-0.05, 0) is 44.9 Å². The molecule has 9 heteroatoms. The van der Waals surface area contributed by atoms with E-state index in [1.54, 1.807) is 0 Å². The van der Waals surface area contributed by atoms with Crippen LogP contribution >= 0.6 is 11.8 Å². The number of benzene rings is 1. The topological polar surface area (TPSA) is 86.9 Å². The van der Waals surface area contributed by atoms with Gasteiger partial charge in [-0.15, -0.1) is 15.3 Å². The number of carbonyl (C=O) groups is 1. The van der Waals surface area contributed by atoms with E-state index in [0.29, 0.717) is 30.0 Å². The van der Waals surface area contributed by atoms with Crippen LogP contribution in [0.2, 0.25) is 0 Å². The molecule has 0 radical (unpaired) electrons. The predicted octanol–water partition coefficient (Wildman–Crippen LogP) is 3.87. The monoisotopic (exact) mass is 428 g/mol. The number of hydrogen-bond acceptors (Lipinski definition) is 6. The zero-order valence-electron chi connectivity index (χ0n) is 17.9. The fraction of sp³-hybridized carbons (Fsp3) is 0.429. The van der Waals surface area contributed by atoms with Crippen molar-refractivity contribution < 1.29 is 9.53 Å². The summed E-state index contributed by atoms with van der Waals surface area (Å²) in [4.78, 5) is 12.4. The third-order valence-electron chi connectivity index (χ3n) is 4.59. The van der Waals surface area contributed by atoms with Crippen molar-refractivity contribution in [2.45, 2.75) is 52.4 Å². The standard InChI is InChI=1S/C21H28N6O2S/c1-5-15-9-11-16(12-10-15)22-18(28)14-30-21-24-23-19(27(21)7-3)17-13-26(6-2)25-20(17)29-8-4/h9-13H,5-8,14H2,1-4H3,(H,22,28). The molecular formula is C21H28N6O2S. The molecule has 0 unspecified atom stereocenters. The number of thioether (sulfide) groups is 1. The maximum Gasteiger partial charge on any atom is 0.243 e. The molecule has 3 aromatic rings. The van der Waals surface area contributed by atoms with Crippen LogP contribution in [0.25, 0.3) is 11.4 Å². The number of aromatic nitrogens is 5. The van der Waals surface area contributed by atoms with Crippen LogP contribution < -0.4 is 10.1 Å². The second-order valence-electron chi connectivity index (χ2n) is 6.57. The lowest BCUT2D eigenvalue weighted by atomic mass is 10.1. The van der Waals surface area contributed by atoms with Gasteiger partial charge in [0.2, 0.25) is 11.8 Å². The van der Waals surface area contributed by atoms with Gasteiger partial charge in [-0.3, -0.25) is 9.48 Å². The van der Waals surface area contributed by atoms with E-state index in [-0.39, 0.29) is 11.7 Å². The normalized spacial score (nSPS) is 10.9. The summed E-state index contributed by atoms with van der Waals surface area (Å²) in [6.45, 7) is 10.0. The first-order chi connectivity index (χ1) is 14.6. The van der Waals surface area contributed by atoms with E-state index in [2.05, 4.69) is 27.5 Å². The van der Waals surface area contributed by atoms with Gasteiger partial charge in [0.25, 0.3) is 0 Å². The molecule has 0 spiro atoms. The van der Waals surface area contributed by atoms with Gasteiger partial charge in [0.05, 0.1) is 12.4 Å². The largest absolute Gasteiger partial charge is 0.476 e.